The quantitative estimate of drug-likeness (QED) is 0.748. The first-order valence-corrected chi connectivity index (χ1v) is 5.66. The Hall–Kier alpha value is -1.78. The molecule has 2 aromatic heterocycles. The van der Waals surface area contributed by atoms with E-state index in [0.29, 0.717) is 0 Å². The van der Waals surface area contributed by atoms with Gasteiger partial charge < -0.3 is 21.0 Å². The van der Waals surface area contributed by atoms with E-state index < -0.39 is 0 Å². The molecule has 5 nitrogen and oxygen atoms in total. The zero-order valence-corrected chi connectivity index (χ0v) is 9.48. The van der Waals surface area contributed by atoms with Crippen LogP contribution in [-0.4, -0.2) is 22.3 Å². The fraction of sp³-hybridized carbons (Fsp3) is 0.455. The second-order valence-corrected chi connectivity index (χ2v) is 4.44. The number of hydrogen-bond donors (Lipinski definition) is 2. The lowest BCUT2D eigenvalue weighted by Gasteiger charge is -2.21. The molecule has 5 heteroatoms. The topological polar surface area (TPSA) is 65.1 Å². The summed E-state index contributed by atoms with van der Waals surface area (Å²) in [5.41, 5.74) is 14.2. The van der Waals surface area contributed by atoms with Crippen molar-refractivity contribution in [1.29, 1.82) is 0 Å². The lowest BCUT2D eigenvalue weighted by atomic mass is 10.4. The molecule has 0 atom stereocenters. The van der Waals surface area contributed by atoms with E-state index in [0.717, 1.165) is 35.8 Å². The average Bonchev–Trinajstić information content (AvgIpc) is 2.89. The predicted octanol–water partition coefficient (Wildman–Crippen LogP) is 0.876. The second-order valence-electron chi connectivity index (χ2n) is 4.44. The van der Waals surface area contributed by atoms with Crippen LogP contribution in [0, 0.1) is 0 Å². The van der Waals surface area contributed by atoms with Crippen molar-refractivity contribution in [3.05, 3.63) is 12.1 Å². The smallest absolute Gasteiger partial charge is 0.125 e. The largest absolute Gasteiger partial charge is 0.385 e. The number of rotatable bonds is 1. The Balaban J connectivity index is 2.21. The highest BCUT2D eigenvalue weighted by molar-refractivity contribution is 5.86. The summed E-state index contributed by atoms with van der Waals surface area (Å²) in [6.07, 6.45) is 2.48. The van der Waals surface area contributed by atoms with Crippen molar-refractivity contribution in [2.45, 2.75) is 12.8 Å². The highest BCUT2D eigenvalue weighted by Crippen LogP contribution is 2.27. The summed E-state index contributed by atoms with van der Waals surface area (Å²) < 4.78 is 4.07. The van der Waals surface area contributed by atoms with Crippen LogP contribution in [0.15, 0.2) is 12.1 Å². The van der Waals surface area contributed by atoms with Crippen molar-refractivity contribution in [3.8, 4) is 0 Å². The Morgan fingerprint density at radius 3 is 2.31 bits per heavy atom. The standard InChI is InChI=1S/C11H17N5/c1-14-8-6-11(13)16(9(8)7-10(14)12)15-4-2-3-5-15/h6-7H,2-5,12-13H2,1H3. The Labute approximate surface area is 94.2 Å². The van der Waals surface area contributed by atoms with Gasteiger partial charge in [-0.25, -0.2) is 4.68 Å². The van der Waals surface area contributed by atoms with Crippen molar-refractivity contribution >= 4 is 22.7 Å². The van der Waals surface area contributed by atoms with Gasteiger partial charge in [-0.15, -0.1) is 0 Å². The molecule has 4 N–H and O–H groups in total. The van der Waals surface area contributed by atoms with Crippen LogP contribution in [0.5, 0.6) is 0 Å². The molecular weight excluding hydrogens is 202 g/mol. The SMILES string of the molecule is Cn1c(N)cc2c1cc(N)n2N1CCCC1. The molecule has 0 amide bonds. The van der Waals surface area contributed by atoms with Crippen molar-refractivity contribution in [3.63, 3.8) is 0 Å². The van der Waals surface area contributed by atoms with Gasteiger partial charge in [0.2, 0.25) is 0 Å². The van der Waals surface area contributed by atoms with E-state index in [-0.39, 0.29) is 0 Å². The Morgan fingerprint density at radius 2 is 1.62 bits per heavy atom. The van der Waals surface area contributed by atoms with Gasteiger partial charge in [-0.05, 0) is 12.8 Å². The van der Waals surface area contributed by atoms with Crippen LogP contribution in [0.2, 0.25) is 0 Å². The summed E-state index contributed by atoms with van der Waals surface area (Å²) in [5, 5.41) is 2.29. The molecule has 0 aliphatic carbocycles. The van der Waals surface area contributed by atoms with Gasteiger partial charge in [0, 0.05) is 32.3 Å². The van der Waals surface area contributed by atoms with Crippen molar-refractivity contribution in [1.82, 2.24) is 9.24 Å². The molecule has 0 unspecified atom stereocenters. The van der Waals surface area contributed by atoms with Gasteiger partial charge in [-0.2, -0.15) is 0 Å². The molecule has 1 saturated heterocycles. The Bertz CT molecular complexity index is 530. The first-order chi connectivity index (χ1) is 7.68. The number of aromatic nitrogens is 2. The van der Waals surface area contributed by atoms with Crippen LogP contribution in [0.4, 0.5) is 11.6 Å². The molecule has 1 aliphatic rings. The summed E-state index contributed by atoms with van der Waals surface area (Å²) >= 11 is 0. The van der Waals surface area contributed by atoms with E-state index in [1.165, 1.54) is 12.8 Å². The monoisotopic (exact) mass is 219 g/mol. The molecule has 0 spiro atoms. The van der Waals surface area contributed by atoms with Crippen LogP contribution < -0.4 is 16.5 Å². The van der Waals surface area contributed by atoms with Crippen LogP contribution in [0.25, 0.3) is 11.0 Å². The molecule has 0 aromatic carbocycles. The highest BCUT2D eigenvalue weighted by Gasteiger charge is 2.19. The predicted molar refractivity (Wildman–Crippen MR) is 66.9 cm³/mol. The van der Waals surface area contributed by atoms with Gasteiger partial charge in [0.15, 0.2) is 0 Å². The van der Waals surface area contributed by atoms with E-state index >= 15 is 0 Å². The van der Waals surface area contributed by atoms with Crippen LogP contribution in [0.1, 0.15) is 12.8 Å². The first kappa shape index (κ1) is 9.45. The second kappa shape index (κ2) is 3.10. The summed E-state index contributed by atoms with van der Waals surface area (Å²) in [4.78, 5) is 0. The maximum absolute atomic E-state index is 6.06. The van der Waals surface area contributed by atoms with Crippen LogP contribution >= 0.6 is 0 Å². The maximum Gasteiger partial charge on any atom is 0.125 e. The number of anilines is 2. The number of nitrogens with two attached hydrogens (primary N) is 2. The van der Waals surface area contributed by atoms with E-state index in [1.54, 1.807) is 0 Å². The van der Waals surface area contributed by atoms with E-state index in [9.17, 15) is 0 Å². The minimum absolute atomic E-state index is 0.776. The zero-order chi connectivity index (χ0) is 11.3. The van der Waals surface area contributed by atoms with Gasteiger partial charge in [-0.1, -0.05) is 0 Å². The van der Waals surface area contributed by atoms with Gasteiger partial charge >= 0.3 is 0 Å². The summed E-state index contributed by atoms with van der Waals surface area (Å²) in [7, 11) is 1.96. The third kappa shape index (κ3) is 1.11. The fourth-order valence-electron chi connectivity index (χ4n) is 2.52. The number of nitrogen functional groups attached to an aromatic ring is 2. The number of fused-ring (bicyclic) bond motifs is 1. The molecule has 1 aliphatic heterocycles. The molecular formula is C11H17N5. The Kier molecular flexibility index (Phi) is 1.83. The van der Waals surface area contributed by atoms with Gasteiger partial charge in [0.25, 0.3) is 0 Å². The van der Waals surface area contributed by atoms with E-state index in [2.05, 4.69) is 9.69 Å². The summed E-state index contributed by atoms with van der Waals surface area (Å²) in [6, 6.07) is 3.98. The first-order valence-electron chi connectivity index (χ1n) is 5.66. The van der Waals surface area contributed by atoms with Crippen molar-refractivity contribution < 1.29 is 0 Å². The maximum atomic E-state index is 6.06. The third-order valence-corrected chi connectivity index (χ3v) is 3.42. The van der Waals surface area contributed by atoms with Gasteiger partial charge in [-0.3, -0.25) is 0 Å². The number of hydrogen-bond acceptors (Lipinski definition) is 3. The van der Waals surface area contributed by atoms with Gasteiger partial charge in [0.05, 0.1) is 11.0 Å². The molecule has 0 radical (unpaired) electrons. The molecule has 16 heavy (non-hydrogen) atoms. The number of aryl methyl sites for hydroxylation is 1. The average molecular weight is 219 g/mol. The van der Waals surface area contributed by atoms with Gasteiger partial charge in [0.1, 0.15) is 11.6 Å². The lowest BCUT2D eigenvalue weighted by Crippen LogP contribution is -2.31. The number of nitrogens with zero attached hydrogens (tertiary/aromatic N) is 3. The molecule has 2 aromatic rings. The van der Waals surface area contributed by atoms with E-state index in [1.807, 2.05) is 23.7 Å². The van der Waals surface area contributed by atoms with Crippen LogP contribution in [-0.2, 0) is 7.05 Å². The molecule has 86 valence electrons. The Morgan fingerprint density at radius 1 is 1.00 bits per heavy atom. The zero-order valence-electron chi connectivity index (χ0n) is 9.48. The van der Waals surface area contributed by atoms with Crippen LogP contribution in [0.3, 0.4) is 0 Å². The highest BCUT2D eigenvalue weighted by atomic mass is 15.6. The molecule has 3 rings (SSSR count). The normalized spacial score (nSPS) is 16.4. The lowest BCUT2D eigenvalue weighted by molar-refractivity contribution is 0.696. The summed E-state index contributed by atoms with van der Waals surface area (Å²) in [5.74, 6) is 1.57. The third-order valence-electron chi connectivity index (χ3n) is 3.42. The molecule has 0 saturated carbocycles. The van der Waals surface area contributed by atoms with Crippen molar-refractivity contribution in [2.75, 3.05) is 29.6 Å². The summed E-state index contributed by atoms with van der Waals surface area (Å²) in [6.45, 7) is 2.14. The molecule has 3 heterocycles. The molecule has 1 fully saturated rings. The molecule has 0 bridgehead atoms. The van der Waals surface area contributed by atoms with Crippen molar-refractivity contribution in [2.24, 2.45) is 7.05 Å². The fourth-order valence-corrected chi connectivity index (χ4v) is 2.52. The minimum Gasteiger partial charge on any atom is -0.385 e. The van der Waals surface area contributed by atoms with E-state index in [4.69, 9.17) is 11.5 Å². The minimum atomic E-state index is 0.776.